The van der Waals surface area contributed by atoms with Crippen molar-refractivity contribution in [3.8, 4) is 0 Å². The SMILES string of the molecule is CBr.CC.CCl.FC(F)(F)c1cc(Cl)ccc1C1OCCO1. The Morgan fingerprint density at radius 3 is 1.95 bits per heavy atom. The quantitative estimate of drug-likeness (QED) is 0.490. The highest BCUT2D eigenvalue weighted by Crippen LogP contribution is 2.38. The van der Waals surface area contributed by atoms with Crippen LogP contribution in [-0.2, 0) is 15.7 Å². The Kier molecular flexibility index (Phi) is 14.8. The molecule has 0 N–H and O–H groups in total. The van der Waals surface area contributed by atoms with Crippen molar-refractivity contribution in [3.05, 3.63) is 34.3 Å². The van der Waals surface area contributed by atoms with Crippen LogP contribution in [0.2, 0.25) is 5.02 Å². The van der Waals surface area contributed by atoms with Gasteiger partial charge in [-0.2, -0.15) is 13.2 Å². The van der Waals surface area contributed by atoms with Gasteiger partial charge in [-0.3, -0.25) is 0 Å². The molecule has 0 bridgehead atoms. The van der Waals surface area contributed by atoms with Gasteiger partial charge in [-0.15, -0.1) is 11.6 Å². The molecule has 0 radical (unpaired) electrons. The van der Waals surface area contributed by atoms with Gasteiger partial charge in [0, 0.05) is 17.0 Å². The van der Waals surface area contributed by atoms with Gasteiger partial charge in [-0.05, 0) is 18.0 Å². The smallest absolute Gasteiger partial charge is 0.346 e. The number of hydrogen-bond donors (Lipinski definition) is 0. The van der Waals surface area contributed by atoms with Gasteiger partial charge in [0.2, 0.25) is 0 Å². The topological polar surface area (TPSA) is 18.5 Å². The minimum Gasteiger partial charge on any atom is -0.346 e. The third-order valence-corrected chi connectivity index (χ3v) is 2.43. The molecule has 22 heavy (non-hydrogen) atoms. The summed E-state index contributed by atoms with van der Waals surface area (Å²) < 4.78 is 48.2. The van der Waals surface area contributed by atoms with E-state index in [1.165, 1.54) is 18.5 Å². The predicted molar refractivity (Wildman–Crippen MR) is 89.1 cm³/mol. The Labute approximate surface area is 148 Å². The van der Waals surface area contributed by atoms with E-state index in [0.717, 1.165) is 6.07 Å². The van der Waals surface area contributed by atoms with Crippen molar-refractivity contribution < 1.29 is 22.6 Å². The lowest BCUT2D eigenvalue weighted by Gasteiger charge is -2.16. The molecule has 1 aliphatic heterocycles. The highest BCUT2D eigenvalue weighted by atomic mass is 79.9. The fourth-order valence-corrected chi connectivity index (χ4v) is 1.69. The number of halogens is 6. The second kappa shape index (κ2) is 13.4. The Morgan fingerprint density at radius 1 is 1.09 bits per heavy atom. The lowest BCUT2D eigenvalue weighted by atomic mass is 10.1. The van der Waals surface area contributed by atoms with E-state index in [0.29, 0.717) is 13.2 Å². The maximum Gasteiger partial charge on any atom is 0.416 e. The molecule has 1 fully saturated rings. The standard InChI is InChI=1S/C10H8ClF3O2.C2H6.CH3Br.CH3Cl/c11-6-1-2-7(9-15-3-4-16-9)8(5-6)10(12,13)14;3*1-2/h1-2,5,9H,3-4H2;1-2H3;2*1H3. The Morgan fingerprint density at radius 2 is 1.55 bits per heavy atom. The maximum absolute atomic E-state index is 12.7. The summed E-state index contributed by atoms with van der Waals surface area (Å²) in [5.41, 5.74) is -0.846. The van der Waals surface area contributed by atoms with Crippen molar-refractivity contribution in [1.29, 1.82) is 0 Å². The van der Waals surface area contributed by atoms with E-state index in [1.807, 2.05) is 19.7 Å². The first-order chi connectivity index (χ1) is 10.5. The van der Waals surface area contributed by atoms with Crippen molar-refractivity contribution in [2.75, 3.05) is 25.4 Å². The molecule has 0 aliphatic carbocycles. The Balaban J connectivity index is 0. The highest BCUT2D eigenvalue weighted by molar-refractivity contribution is 9.08. The minimum absolute atomic E-state index is 0.0330. The van der Waals surface area contributed by atoms with Crippen molar-refractivity contribution in [2.24, 2.45) is 0 Å². The summed E-state index contributed by atoms with van der Waals surface area (Å²) in [4.78, 5) is 0. The number of benzene rings is 1. The van der Waals surface area contributed by atoms with Gasteiger partial charge in [0.25, 0.3) is 0 Å². The Bertz CT molecular complexity index is 398. The van der Waals surface area contributed by atoms with Crippen LogP contribution >= 0.6 is 39.1 Å². The zero-order valence-electron chi connectivity index (χ0n) is 12.8. The molecule has 0 spiro atoms. The molecule has 1 aromatic carbocycles. The van der Waals surface area contributed by atoms with E-state index in [1.54, 1.807) is 0 Å². The second-order valence-corrected chi connectivity index (χ2v) is 3.74. The van der Waals surface area contributed by atoms with Gasteiger partial charge in [-0.1, -0.05) is 47.4 Å². The minimum atomic E-state index is -4.46. The number of alkyl halides is 5. The van der Waals surface area contributed by atoms with E-state index < -0.39 is 18.0 Å². The van der Waals surface area contributed by atoms with Gasteiger partial charge in [0.1, 0.15) is 0 Å². The molecule has 1 saturated heterocycles. The summed E-state index contributed by atoms with van der Waals surface area (Å²) in [6.45, 7) is 4.59. The average Bonchev–Trinajstić information content (AvgIpc) is 3.07. The van der Waals surface area contributed by atoms with E-state index in [4.69, 9.17) is 21.1 Å². The molecular formula is C14H20BrCl2F3O2. The van der Waals surface area contributed by atoms with Crippen LogP contribution in [0.25, 0.3) is 0 Å². The van der Waals surface area contributed by atoms with E-state index in [9.17, 15) is 13.2 Å². The molecule has 0 saturated carbocycles. The van der Waals surface area contributed by atoms with Crippen LogP contribution < -0.4 is 0 Å². The Hall–Kier alpha value is -0.0100. The van der Waals surface area contributed by atoms with Crippen LogP contribution in [0.15, 0.2) is 18.2 Å². The molecule has 2 nitrogen and oxygen atoms in total. The normalized spacial score (nSPS) is 13.9. The summed E-state index contributed by atoms with van der Waals surface area (Å²) in [6.07, 6.45) is -3.94. The van der Waals surface area contributed by atoms with Crippen LogP contribution in [0.3, 0.4) is 0 Å². The summed E-state index contributed by atoms with van der Waals surface area (Å²) in [5, 5.41) is 0.0362. The van der Waals surface area contributed by atoms with E-state index >= 15 is 0 Å². The predicted octanol–water partition coefficient (Wildman–Crippen LogP) is 6.30. The molecule has 1 aliphatic rings. The molecule has 0 unspecified atom stereocenters. The van der Waals surface area contributed by atoms with Gasteiger partial charge in [0.05, 0.1) is 18.8 Å². The number of rotatable bonds is 1. The molecule has 0 amide bonds. The largest absolute Gasteiger partial charge is 0.416 e. The maximum atomic E-state index is 12.7. The first-order valence-electron chi connectivity index (χ1n) is 6.34. The first-order valence-corrected chi connectivity index (χ1v) is 9.06. The van der Waals surface area contributed by atoms with Crippen molar-refractivity contribution in [2.45, 2.75) is 26.3 Å². The highest BCUT2D eigenvalue weighted by Gasteiger charge is 2.37. The van der Waals surface area contributed by atoms with Gasteiger partial charge >= 0.3 is 6.18 Å². The van der Waals surface area contributed by atoms with E-state index in [-0.39, 0.29) is 10.6 Å². The monoisotopic (exact) mass is 426 g/mol. The van der Waals surface area contributed by atoms with Gasteiger partial charge < -0.3 is 9.47 Å². The first kappa shape index (κ1) is 24.2. The summed E-state index contributed by atoms with van der Waals surface area (Å²) in [6, 6.07) is 3.54. The summed E-state index contributed by atoms with van der Waals surface area (Å²) in [7, 11) is 0. The lowest BCUT2D eigenvalue weighted by molar-refractivity contribution is -0.142. The molecule has 8 heteroatoms. The van der Waals surface area contributed by atoms with E-state index in [2.05, 4.69) is 27.5 Å². The van der Waals surface area contributed by atoms with Crippen LogP contribution in [0, 0.1) is 0 Å². The van der Waals surface area contributed by atoms with Crippen LogP contribution in [0.1, 0.15) is 31.3 Å². The fourth-order valence-electron chi connectivity index (χ4n) is 1.52. The number of ether oxygens (including phenoxy) is 2. The molecular weight excluding hydrogens is 408 g/mol. The van der Waals surface area contributed by atoms with Crippen LogP contribution in [-0.4, -0.2) is 25.4 Å². The number of hydrogen-bond acceptors (Lipinski definition) is 2. The average molecular weight is 428 g/mol. The zero-order chi connectivity index (χ0) is 17.8. The van der Waals surface area contributed by atoms with Crippen molar-refractivity contribution in [3.63, 3.8) is 0 Å². The van der Waals surface area contributed by atoms with Crippen LogP contribution in [0.4, 0.5) is 13.2 Å². The molecule has 2 rings (SSSR count). The summed E-state index contributed by atoms with van der Waals surface area (Å²) >= 11 is 13.1. The molecule has 1 aromatic rings. The fraction of sp³-hybridized carbons (Fsp3) is 0.571. The van der Waals surface area contributed by atoms with Gasteiger partial charge in [0.15, 0.2) is 6.29 Å². The van der Waals surface area contributed by atoms with Crippen molar-refractivity contribution in [1.82, 2.24) is 0 Å². The zero-order valence-corrected chi connectivity index (χ0v) is 15.9. The third kappa shape index (κ3) is 8.02. The molecule has 1 heterocycles. The van der Waals surface area contributed by atoms with Gasteiger partial charge in [-0.25, -0.2) is 0 Å². The lowest BCUT2D eigenvalue weighted by Crippen LogP contribution is -2.12. The molecule has 0 atom stereocenters. The molecule has 0 aromatic heterocycles. The third-order valence-electron chi connectivity index (χ3n) is 2.20. The van der Waals surface area contributed by atoms with Crippen molar-refractivity contribution >= 4 is 39.1 Å². The summed E-state index contributed by atoms with van der Waals surface area (Å²) in [5.74, 6) is 1.81. The molecule has 130 valence electrons. The second-order valence-electron chi connectivity index (χ2n) is 3.30. The van der Waals surface area contributed by atoms with Crippen LogP contribution in [0.5, 0.6) is 0 Å².